The Morgan fingerprint density at radius 1 is 1.04 bits per heavy atom. The molecule has 0 aliphatic rings. The van der Waals surface area contributed by atoms with Crippen LogP contribution in [0.3, 0.4) is 0 Å². The van der Waals surface area contributed by atoms with Crippen LogP contribution in [0.2, 0.25) is 0 Å². The van der Waals surface area contributed by atoms with Crippen molar-refractivity contribution in [2.24, 2.45) is 0 Å². The van der Waals surface area contributed by atoms with Crippen molar-refractivity contribution in [3.8, 4) is 22.6 Å². The predicted molar refractivity (Wildman–Crippen MR) is 87.2 cm³/mol. The van der Waals surface area contributed by atoms with Crippen molar-refractivity contribution in [1.29, 1.82) is 0 Å². The van der Waals surface area contributed by atoms with Gasteiger partial charge in [-0.05, 0) is 35.4 Å². The number of aromatic carboxylic acids is 1. The van der Waals surface area contributed by atoms with Crippen LogP contribution in [0.4, 0.5) is 0 Å². The number of fused-ring (bicyclic) bond motifs is 1. The van der Waals surface area contributed by atoms with E-state index >= 15 is 0 Å². The van der Waals surface area contributed by atoms with Crippen molar-refractivity contribution < 1.29 is 19.4 Å². The van der Waals surface area contributed by atoms with Gasteiger partial charge >= 0.3 is 5.97 Å². The maximum atomic E-state index is 11.4. The van der Waals surface area contributed by atoms with Crippen LogP contribution >= 0.6 is 0 Å². The molecule has 0 amide bonds. The van der Waals surface area contributed by atoms with E-state index in [1.807, 2.05) is 18.2 Å². The molecule has 0 atom stereocenters. The van der Waals surface area contributed by atoms with Crippen molar-refractivity contribution in [2.45, 2.75) is 0 Å². The summed E-state index contributed by atoms with van der Waals surface area (Å²) in [5, 5.41) is 10.1. The van der Waals surface area contributed by atoms with Crippen molar-refractivity contribution in [2.75, 3.05) is 14.2 Å². The van der Waals surface area contributed by atoms with Gasteiger partial charge in [-0.15, -0.1) is 0 Å². The van der Waals surface area contributed by atoms with Gasteiger partial charge in [0.05, 0.1) is 25.3 Å². The maximum absolute atomic E-state index is 11.4. The van der Waals surface area contributed by atoms with Crippen LogP contribution in [-0.4, -0.2) is 30.3 Å². The summed E-state index contributed by atoms with van der Waals surface area (Å²) in [6.45, 7) is 0. The minimum absolute atomic E-state index is 0.180. The molecule has 0 aliphatic carbocycles. The molecule has 5 nitrogen and oxygen atoms in total. The number of pyridine rings is 1. The second-order valence-electron chi connectivity index (χ2n) is 4.97. The molecule has 1 heterocycles. The summed E-state index contributed by atoms with van der Waals surface area (Å²) >= 11 is 0. The molecule has 0 fully saturated rings. The molecule has 23 heavy (non-hydrogen) atoms. The minimum Gasteiger partial charge on any atom is -0.497 e. The Morgan fingerprint density at radius 2 is 1.74 bits per heavy atom. The molecular formula is C18H15NO4. The number of methoxy groups -OCH3 is 2. The standard InChI is InChI=1S/C18H15NO4/c1-22-12-8-11(9-13(10-12)23-2)14-5-6-16(18(20)21)17-15(14)4-3-7-19-17/h3-10H,1-2H3,(H,20,21). The summed E-state index contributed by atoms with van der Waals surface area (Å²) in [5.74, 6) is 0.334. The first-order chi connectivity index (χ1) is 11.1. The molecular weight excluding hydrogens is 294 g/mol. The molecule has 3 aromatic rings. The number of hydrogen-bond donors (Lipinski definition) is 1. The fourth-order valence-corrected chi connectivity index (χ4v) is 2.56. The molecule has 3 rings (SSSR count). The van der Waals surface area contributed by atoms with Crippen LogP contribution in [-0.2, 0) is 0 Å². The van der Waals surface area contributed by atoms with Gasteiger partial charge in [0.15, 0.2) is 0 Å². The summed E-state index contributed by atoms with van der Waals surface area (Å²) in [6.07, 6.45) is 1.59. The Labute approximate surface area is 133 Å². The lowest BCUT2D eigenvalue weighted by Crippen LogP contribution is -1.99. The average Bonchev–Trinajstić information content (AvgIpc) is 2.60. The Kier molecular flexibility index (Phi) is 3.85. The Bertz CT molecular complexity index is 867. The fourth-order valence-electron chi connectivity index (χ4n) is 2.56. The van der Waals surface area contributed by atoms with E-state index in [9.17, 15) is 9.90 Å². The number of carboxylic acids is 1. The van der Waals surface area contributed by atoms with E-state index in [-0.39, 0.29) is 5.56 Å². The van der Waals surface area contributed by atoms with Gasteiger partial charge < -0.3 is 14.6 Å². The lowest BCUT2D eigenvalue weighted by atomic mass is 9.97. The first-order valence-corrected chi connectivity index (χ1v) is 6.98. The Hall–Kier alpha value is -3.08. The summed E-state index contributed by atoms with van der Waals surface area (Å²) in [6, 6.07) is 12.5. The summed E-state index contributed by atoms with van der Waals surface area (Å²) in [5.41, 5.74) is 2.38. The van der Waals surface area contributed by atoms with Gasteiger partial charge in [-0.3, -0.25) is 4.98 Å². The van der Waals surface area contributed by atoms with E-state index in [1.54, 1.807) is 44.7 Å². The molecule has 0 aliphatic heterocycles. The number of benzene rings is 2. The Morgan fingerprint density at radius 3 is 2.35 bits per heavy atom. The number of nitrogens with zero attached hydrogens (tertiary/aromatic N) is 1. The molecule has 1 N–H and O–H groups in total. The highest BCUT2D eigenvalue weighted by atomic mass is 16.5. The summed E-state index contributed by atoms with van der Waals surface area (Å²) in [7, 11) is 3.18. The van der Waals surface area contributed by atoms with Gasteiger partial charge in [0.1, 0.15) is 11.5 Å². The molecule has 0 saturated heterocycles. The number of carbonyl (C=O) groups is 1. The molecule has 2 aromatic carbocycles. The highest BCUT2D eigenvalue weighted by molar-refractivity contribution is 6.06. The van der Waals surface area contributed by atoms with E-state index in [1.165, 1.54) is 0 Å². The zero-order chi connectivity index (χ0) is 16.4. The number of ether oxygens (including phenoxy) is 2. The van der Waals surface area contributed by atoms with E-state index < -0.39 is 5.97 Å². The van der Waals surface area contributed by atoms with Crippen LogP contribution < -0.4 is 9.47 Å². The molecule has 0 unspecified atom stereocenters. The SMILES string of the molecule is COc1cc(OC)cc(-c2ccc(C(=O)O)c3ncccc23)c1. The highest BCUT2D eigenvalue weighted by Crippen LogP contribution is 2.34. The lowest BCUT2D eigenvalue weighted by Gasteiger charge is -2.12. The normalized spacial score (nSPS) is 10.5. The summed E-state index contributed by atoms with van der Waals surface area (Å²) < 4.78 is 10.6. The molecule has 0 spiro atoms. The second-order valence-corrected chi connectivity index (χ2v) is 4.97. The first kappa shape index (κ1) is 14.8. The number of rotatable bonds is 4. The monoisotopic (exact) mass is 309 g/mol. The third kappa shape index (κ3) is 2.68. The van der Waals surface area contributed by atoms with Crippen molar-refractivity contribution in [3.05, 3.63) is 54.2 Å². The van der Waals surface area contributed by atoms with Gasteiger partial charge in [0, 0.05) is 17.6 Å². The van der Waals surface area contributed by atoms with E-state index in [4.69, 9.17) is 9.47 Å². The number of carboxylic acid groups (broad SMARTS) is 1. The van der Waals surface area contributed by atoms with Crippen LogP contribution in [0.1, 0.15) is 10.4 Å². The van der Waals surface area contributed by atoms with Gasteiger partial charge in [-0.25, -0.2) is 4.79 Å². The third-order valence-corrected chi connectivity index (χ3v) is 3.66. The van der Waals surface area contributed by atoms with Gasteiger partial charge in [-0.1, -0.05) is 12.1 Å². The topological polar surface area (TPSA) is 68.7 Å². The zero-order valence-corrected chi connectivity index (χ0v) is 12.7. The predicted octanol–water partition coefficient (Wildman–Crippen LogP) is 3.62. The Balaban J connectivity index is 2.29. The molecule has 0 saturated carbocycles. The molecule has 1 aromatic heterocycles. The minimum atomic E-state index is -0.997. The zero-order valence-electron chi connectivity index (χ0n) is 12.7. The quantitative estimate of drug-likeness (QED) is 0.797. The van der Waals surface area contributed by atoms with Crippen molar-refractivity contribution in [3.63, 3.8) is 0 Å². The van der Waals surface area contributed by atoms with Gasteiger partial charge in [0.2, 0.25) is 0 Å². The summed E-state index contributed by atoms with van der Waals surface area (Å²) in [4.78, 5) is 15.6. The number of aromatic nitrogens is 1. The molecule has 5 heteroatoms. The largest absolute Gasteiger partial charge is 0.497 e. The molecule has 0 radical (unpaired) electrons. The smallest absolute Gasteiger partial charge is 0.337 e. The lowest BCUT2D eigenvalue weighted by molar-refractivity contribution is 0.0699. The fraction of sp³-hybridized carbons (Fsp3) is 0.111. The van der Waals surface area contributed by atoms with E-state index in [2.05, 4.69) is 4.98 Å². The highest BCUT2D eigenvalue weighted by Gasteiger charge is 2.14. The van der Waals surface area contributed by atoms with Crippen molar-refractivity contribution in [1.82, 2.24) is 4.98 Å². The van der Waals surface area contributed by atoms with Gasteiger partial charge in [-0.2, -0.15) is 0 Å². The molecule has 0 bridgehead atoms. The van der Waals surface area contributed by atoms with Gasteiger partial charge in [0.25, 0.3) is 0 Å². The van der Waals surface area contributed by atoms with E-state index in [0.717, 1.165) is 16.5 Å². The third-order valence-electron chi connectivity index (χ3n) is 3.66. The van der Waals surface area contributed by atoms with Crippen LogP contribution in [0.15, 0.2) is 48.7 Å². The first-order valence-electron chi connectivity index (χ1n) is 6.98. The average molecular weight is 309 g/mol. The van der Waals surface area contributed by atoms with E-state index in [0.29, 0.717) is 17.0 Å². The van der Waals surface area contributed by atoms with Crippen LogP contribution in [0, 0.1) is 0 Å². The molecule has 116 valence electrons. The van der Waals surface area contributed by atoms with Crippen LogP contribution in [0.25, 0.3) is 22.0 Å². The second kappa shape index (κ2) is 5.96. The van der Waals surface area contributed by atoms with Crippen molar-refractivity contribution >= 4 is 16.9 Å². The number of hydrogen-bond acceptors (Lipinski definition) is 4. The maximum Gasteiger partial charge on any atom is 0.337 e. The van der Waals surface area contributed by atoms with Crippen LogP contribution in [0.5, 0.6) is 11.5 Å².